The molecule has 5 nitrogen and oxygen atoms in total. The summed E-state index contributed by atoms with van der Waals surface area (Å²) >= 11 is 0. The van der Waals surface area contributed by atoms with Crippen molar-refractivity contribution in [3.05, 3.63) is 36.7 Å². The van der Waals surface area contributed by atoms with Crippen molar-refractivity contribution in [3.63, 3.8) is 0 Å². The zero-order valence-electron chi connectivity index (χ0n) is 8.87. The number of hydrogen-bond acceptors (Lipinski definition) is 4. The van der Waals surface area contributed by atoms with Gasteiger partial charge in [-0.2, -0.15) is 10.1 Å². The maximum absolute atomic E-state index is 4.16. The van der Waals surface area contributed by atoms with E-state index in [2.05, 4.69) is 49.2 Å². The summed E-state index contributed by atoms with van der Waals surface area (Å²) in [7, 11) is 0. The molecule has 0 bridgehead atoms. The van der Waals surface area contributed by atoms with Crippen LogP contribution in [-0.4, -0.2) is 34.9 Å². The number of H-pyrrole nitrogens is 1. The number of benzene rings is 1. The number of nitrogens with zero attached hydrogens (tertiary/aromatic N) is 4. The van der Waals surface area contributed by atoms with Crippen LogP contribution in [0, 0.1) is 0 Å². The molecule has 1 fully saturated rings. The molecule has 0 saturated carbocycles. The lowest BCUT2D eigenvalue weighted by Crippen LogP contribution is -2.25. The zero-order chi connectivity index (χ0) is 10.8. The van der Waals surface area contributed by atoms with Crippen LogP contribution < -0.4 is 9.80 Å². The molecule has 2 heterocycles. The van der Waals surface area contributed by atoms with Gasteiger partial charge in [0.2, 0.25) is 5.95 Å². The highest BCUT2D eigenvalue weighted by Gasteiger charge is 2.21. The van der Waals surface area contributed by atoms with Crippen molar-refractivity contribution in [2.45, 2.75) is 0 Å². The first kappa shape index (κ1) is 9.21. The molecule has 1 aromatic carbocycles. The van der Waals surface area contributed by atoms with Crippen molar-refractivity contribution in [2.24, 2.45) is 0 Å². The summed E-state index contributed by atoms with van der Waals surface area (Å²) in [5, 5.41) is 6.76. The zero-order valence-corrected chi connectivity index (χ0v) is 8.87. The van der Waals surface area contributed by atoms with Gasteiger partial charge in [0.1, 0.15) is 6.33 Å². The number of hydrogen-bond donors (Lipinski definition) is 1. The molecule has 0 aliphatic carbocycles. The molecule has 1 saturated heterocycles. The minimum Gasteiger partial charge on any atom is -0.352 e. The minimum absolute atomic E-state index is 0.846. The molecule has 0 spiro atoms. The number of para-hydroxylation sites is 1. The Kier molecular flexibility index (Phi) is 2.21. The van der Waals surface area contributed by atoms with Gasteiger partial charge in [-0.3, -0.25) is 0 Å². The van der Waals surface area contributed by atoms with Crippen molar-refractivity contribution in [1.29, 1.82) is 0 Å². The monoisotopic (exact) mass is 215 g/mol. The van der Waals surface area contributed by atoms with Crippen molar-refractivity contribution < 1.29 is 0 Å². The first-order valence-electron chi connectivity index (χ1n) is 5.34. The standard InChI is InChI=1S/C11H13N5/c1-2-4-10(5-3-1)15-6-7-16(9-15)11-12-8-13-14-11/h1-5,8H,6-7,9H2,(H,12,13,14). The Labute approximate surface area is 93.7 Å². The first-order chi connectivity index (χ1) is 7.93. The lowest BCUT2D eigenvalue weighted by atomic mass is 10.3. The molecular formula is C11H13N5. The Balaban J connectivity index is 1.74. The maximum Gasteiger partial charge on any atom is 0.222 e. The third kappa shape index (κ3) is 1.60. The molecule has 82 valence electrons. The van der Waals surface area contributed by atoms with Crippen LogP contribution in [0.1, 0.15) is 0 Å². The summed E-state index contributed by atoms with van der Waals surface area (Å²) in [5.74, 6) is 0.846. The Bertz CT molecular complexity index is 439. The molecule has 16 heavy (non-hydrogen) atoms. The summed E-state index contributed by atoms with van der Waals surface area (Å²) in [5.41, 5.74) is 1.25. The molecule has 1 aliphatic rings. The Morgan fingerprint density at radius 2 is 1.88 bits per heavy atom. The van der Waals surface area contributed by atoms with E-state index in [1.165, 1.54) is 5.69 Å². The molecule has 1 aromatic heterocycles. The Morgan fingerprint density at radius 3 is 2.62 bits per heavy atom. The van der Waals surface area contributed by atoms with E-state index in [4.69, 9.17) is 0 Å². The van der Waals surface area contributed by atoms with Crippen LogP contribution in [0.3, 0.4) is 0 Å². The molecule has 1 N–H and O–H groups in total. The summed E-state index contributed by atoms with van der Waals surface area (Å²) in [6.07, 6.45) is 1.54. The second-order valence-electron chi connectivity index (χ2n) is 3.81. The van der Waals surface area contributed by atoms with Gasteiger partial charge in [0.15, 0.2) is 0 Å². The van der Waals surface area contributed by atoms with Crippen molar-refractivity contribution >= 4 is 11.6 Å². The van der Waals surface area contributed by atoms with Gasteiger partial charge in [-0.15, -0.1) is 0 Å². The topological polar surface area (TPSA) is 48.1 Å². The fourth-order valence-corrected chi connectivity index (χ4v) is 1.96. The van der Waals surface area contributed by atoms with Crippen LogP contribution in [0.4, 0.5) is 11.6 Å². The quantitative estimate of drug-likeness (QED) is 0.814. The van der Waals surface area contributed by atoms with Crippen LogP contribution in [0.2, 0.25) is 0 Å². The molecule has 5 heteroatoms. The van der Waals surface area contributed by atoms with E-state index >= 15 is 0 Å². The van der Waals surface area contributed by atoms with E-state index in [1.54, 1.807) is 6.33 Å². The second kappa shape index (κ2) is 3.84. The molecule has 0 unspecified atom stereocenters. The van der Waals surface area contributed by atoms with Gasteiger partial charge in [0.05, 0.1) is 6.67 Å². The van der Waals surface area contributed by atoms with E-state index in [1.807, 2.05) is 6.07 Å². The number of aromatic amines is 1. The van der Waals surface area contributed by atoms with E-state index in [0.29, 0.717) is 0 Å². The van der Waals surface area contributed by atoms with Gasteiger partial charge < -0.3 is 9.80 Å². The maximum atomic E-state index is 4.16. The lowest BCUT2D eigenvalue weighted by Gasteiger charge is -2.18. The van der Waals surface area contributed by atoms with Crippen molar-refractivity contribution in [3.8, 4) is 0 Å². The highest BCUT2D eigenvalue weighted by atomic mass is 15.4. The summed E-state index contributed by atoms with van der Waals surface area (Å²) in [4.78, 5) is 8.66. The molecule has 0 radical (unpaired) electrons. The molecule has 2 aromatic rings. The van der Waals surface area contributed by atoms with Gasteiger partial charge in [-0.1, -0.05) is 18.2 Å². The summed E-state index contributed by atoms with van der Waals surface area (Å²) < 4.78 is 0. The van der Waals surface area contributed by atoms with Gasteiger partial charge in [-0.05, 0) is 12.1 Å². The van der Waals surface area contributed by atoms with Crippen LogP contribution in [0.5, 0.6) is 0 Å². The number of rotatable bonds is 2. The van der Waals surface area contributed by atoms with Gasteiger partial charge >= 0.3 is 0 Å². The van der Waals surface area contributed by atoms with E-state index in [-0.39, 0.29) is 0 Å². The largest absolute Gasteiger partial charge is 0.352 e. The Morgan fingerprint density at radius 1 is 1.06 bits per heavy atom. The lowest BCUT2D eigenvalue weighted by molar-refractivity contribution is 0.898. The summed E-state index contributed by atoms with van der Waals surface area (Å²) in [6.45, 7) is 2.86. The fourth-order valence-electron chi connectivity index (χ4n) is 1.96. The molecule has 0 amide bonds. The van der Waals surface area contributed by atoms with E-state index in [9.17, 15) is 0 Å². The predicted molar refractivity (Wildman–Crippen MR) is 62.4 cm³/mol. The fraction of sp³-hybridized carbons (Fsp3) is 0.273. The van der Waals surface area contributed by atoms with E-state index in [0.717, 1.165) is 25.7 Å². The van der Waals surface area contributed by atoms with Crippen LogP contribution in [-0.2, 0) is 0 Å². The summed E-state index contributed by atoms with van der Waals surface area (Å²) in [6, 6.07) is 10.4. The van der Waals surface area contributed by atoms with Gasteiger partial charge in [0, 0.05) is 18.8 Å². The number of nitrogens with one attached hydrogen (secondary N) is 1. The van der Waals surface area contributed by atoms with Crippen LogP contribution in [0.15, 0.2) is 36.7 Å². The minimum atomic E-state index is 0.846. The predicted octanol–water partition coefficient (Wildman–Crippen LogP) is 1.09. The van der Waals surface area contributed by atoms with Crippen LogP contribution >= 0.6 is 0 Å². The van der Waals surface area contributed by atoms with Crippen molar-refractivity contribution in [1.82, 2.24) is 15.2 Å². The third-order valence-corrected chi connectivity index (χ3v) is 2.80. The van der Waals surface area contributed by atoms with Gasteiger partial charge in [-0.25, -0.2) is 5.10 Å². The molecule has 3 rings (SSSR count). The third-order valence-electron chi connectivity index (χ3n) is 2.80. The highest BCUT2D eigenvalue weighted by Crippen LogP contribution is 2.19. The number of anilines is 2. The average molecular weight is 215 g/mol. The van der Waals surface area contributed by atoms with Crippen molar-refractivity contribution in [2.75, 3.05) is 29.6 Å². The smallest absolute Gasteiger partial charge is 0.222 e. The highest BCUT2D eigenvalue weighted by molar-refractivity contribution is 5.50. The molecule has 1 aliphatic heterocycles. The molecule has 0 atom stereocenters. The van der Waals surface area contributed by atoms with E-state index < -0.39 is 0 Å². The average Bonchev–Trinajstić information content (AvgIpc) is 3.01. The first-order valence-corrected chi connectivity index (χ1v) is 5.34. The molecular weight excluding hydrogens is 202 g/mol. The number of aromatic nitrogens is 3. The van der Waals surface area contributed by atoms with Gasteiger partial charge in [0.25, 0.3) is 0 Å². The second-order valence-corrected chi connectivity index (χ2v) is 3.81. The normalized spacial score (nSPS) is 15.8. The van der Waals surface area contributed by atoms with Crippen LogP contribution in [0.25, 0.3) is 0 Å². The Hall–Kier alpha value is -2.04. The SMILES string of the molecule is c1ccc(N2CCN(c3ncn[nH]3)C2)cc1.